The van der Waals surface area contributed by atoms with Crippen molar-refractivity contribution in [1.82, 2.24) is 4.90 Å². The number of likely N-dealkylation sites (tertiary alicyclic amines) is 1. The first-order valence-electron chi connectivity index (χ1n) is 9.74. The third-order valence-electron chi connectivity index (χ3n) is 5.90. The number of benzene rings is 1. The Hall–Kier alpha value is -1.02. The minimum absolute atomic E-state index is 0.726. The molecule has 0 N–H and O–H groups in total. The lowest BCUT2D eigenvalue weighted by Crippen LogP contribution is -2.26. The molecule has 1 saturated carbocycles. The zero-order chi connectivity index (χ0) is 15.9. The van der Waals surface area contributed by atoms with Gasteiger partial charge >= 0.3 is 0 Å². The van der Waals surface area contributed by atoms with Crippen molar-refractivity contribution in [2.24, 2.45) is 5.92 Å². The van der Waals surface area contributed by atoms with Crippen molar-refractivity contribution < 1.29 is 4.74 Å². The van der Waals surface area contributed by atoms with E-state index in [2.05, 4.69) is 36.2 Å². The monoisotopic (exact) mass is 315 g/mol. The molecule has 0 radical (unpaired) electrons. The molecule has 2 fully saturated rings. The average molecular weight is 316 g/mol. The van der Waals surface area contributed by atoms with Gasteiger partial charge in [-0.1, -0.05) is 50.3 Å². The Bertz CT molecular complexity index is 467. The molecule has 2 nitrogen and oxygen atoms in total. The van der Waals surface area contributed by atoms with E-state index in [1.165, 1.54) is 69.9 Å². The second-order valence-corrected chi connectivity index (χ2v) is 7.56. The van der Waals surface area contributed by atoms with Crippen LogP contribution in [0.4, 0.5) is 0 Å². The number of para-hydroxylation sites is 1. The Morgan fingerprint density at radius 2 is 1.83 bits per heavy atom. The van der Waals surface area contributed by atoms with Gasteiger partial charge in [0.15, 0.2) is 0 Å². The summed E-state index contributed by atoms with van der Waals surface area (Å²) in [5.41, 5.74) is 1.41. The number of rotatable bonds is 7. The fourth-order valence-corrected chi connectivity index (χ4v) is 4.34. The van der Waals surface area contributed by atoms with Gasteiger partial charge in [-0.3, -0.25) is 0 Å². The van der Waals surface area contributed by atoms with Crippen LogP contribution in [0.2, 0.25) is 0 Å². The van der Waals surface area contributed by atoms with Crippen molar-refractivity contribution in [3.05, 3.63) is 29.8 Å². The minimum Gasteiger partial charge on any atom is -0.493 e. The summed E-state index contributed by atoms with van der Waals surface area (Å²) in [6.07, 6.45) is 13.6. The number of hydrogen-bond donors (Lipinski definition) is 0. The summed E-state index contributed by atoms with van der Waals surface area (Å²) in [6.45, 7) is 2.11. The van der Waals surface area contributed by atoms with Crippen molar-refractivity contribution in [1.29, 1.82) is 0 Å². The maximum Gasteiger partial charge on any atom is 0.122 e. The largest absolute Gasteiger partial charge is 0.493 e. The van der Waals surface area contributed by atoms with Crippen molar-refractivity contribution in [3.8, 4) is 5.75 Å². The molecule has 0 amide bonds. The smallest absolute Gasteiger partial charge is 0.122 e. The molecule has 1 atom stereocenters. The van der Waals surface area contributed by atoms with E-state index in [-0.39, 0.29) is 0 Å². The molecule has 128 valence electrons. The average Bonchev–Trinajstić information content (AvgIpc) is 3.00. The van der Waals surface area contributed by atoms with E-state index in [0.717, 1.165) is 30.7 Å². The molecule has 1 saturated heterocycles. The lowest BCUT2D eigenvalue weighted by molar-refractivity contribution is 0.231. The molecular weight excluding hydrogens is 282 g/mol. The van der Waals surface area contributed by atoms with Crippen LogP contribution in [-0.2, 0) is 6.42 Å². The van der Waals surface area contributed by atoms with Crippen LogP contribution in [0.3, 0.4) is 0 Å². The summed E-state index contributed by atoms with van der Waals surface area (Å²) in [5.74, 6) is 2.08. The minimum atomic E-state index is 0.726. The molecule has 1 aromatic carbocycles. The Balaban J connectivity index is 1.46. The summed E-state index contributed by atoms with van der Waals surface area (Å²) in [7, 11) is 2.25. The van der Waals surface area contributed by atoms with Crippen LogP contribution in [-0.4, -0.2) is 31.1 Å². The first kappa shape index (κ1) is 16.8. The van der Waals surface area contributed by atoms with Crippen molar-refractivity contribution >= 4 is 0 Å². The zero-order valence-electron chi connectivity index (χ0n) is 14.8. The molecule has 1 aromatic rings. The van der Waals surface area contributed by atoms with E-state index in [1.807, 2.05) is 0 Å². The molecule has 2 aliphatic rings. The van der Waals surface area contributed by atoms with Crippen LogP contribution in [0.25, 0.3) is 0 Å². The van der Waals surface area contributed by atoms with Gasteiger partial charge < -0.3 is 9.64 Å². The summed E-state index contributed by atoms with van der Waals surface area (Å²) in [6, 6.07) is 9.42. The Morgan fingerprint density at radius 3 is 2.61 bits per heavy atom. The van der Waals surface area contributed by atoms with Crippen LogP contribution >= 0.6 is 0 Å². The summed E-state index contributed by atoms with van der Waals surface area (Å²) < 4.78 is 6.16. The highest BCUT2D eigenvalue weighted by atomic mass is 16.5. The van der Waals surface area contributed by atoms with Gasteiger partial charge in [-0.2, -0.15) is 0 Å². The highest BCUT2D eigenvalue weighted by Gasteiger charge is 2.20. The molecule has 3 rings (SSSR count). The first-order valence-corrected chi connectivity index (χ1v) is 9.74. The number of aryl methyl sites for hydroxylation is 1. The van der Waals surface area contributed by atoms with Gasteiger partial charge in [-0.15, -0.1) is 0 Å². The van der Waals surface area contributed by atoms with Gasteiger partial charge in [0.05, 0.1) is 6.61 Å². The first-order chi connectivity index (χ1) is 11.3. The fraction of sp³-hybridized carbons (Fsp3) is 0.714. The fourth-order valence-electron chi connectivity index (χ4n) is 4.34. The molecule has 2 heteroatoms. The number of hydrogen-bond acceptors (Lipinski definition) is 2. The van der Waals surface area contributed by atoms with Crippen molar-refractivity contribution in [3.63, 3.8) is 0 Å². The lowest BCUT2D eigenvalue weighted by Gasteiger charge is -2.22. The van der Waals surface area contributed by atoms with Crippen LogP contribution in [0, 0.1) is 5.92 Å². The highest BCUT2D eigenvalue weighted by Crippen LogP contribution is 2.29. The van der Waals surface area contributed by atoms with E-state index in [9.17, 15) is 0 Å². The molecule has 23 heavy (non-hydrogen) atoms. The second kappa shape index (κ2) is 8.73. The quantitative estimate of drug-likeness (QED) is 0.697. The SMILES string of the molecule is CN1CCC[C@H]1CCOc1ccccc1CCC1CCCCC1. The third-order valence-corrected chi connectivity index (χ3v) is 5.90. The summed E-state index contributed by atoms with van der Waals surface area (Å²) in [5, 5.41) is 0. The highest BCUT2D eigenvalue weighted by molar-refractivity contribution is 5.33. The Morgan fingerprint density at radius 1 is 1.00 bits per heavy atom. The maximum absolute atomic E-state index is 6.16. The van der Waals surface area contributed by atoms with Crippen molar-refractivity contribution in [2.75, 3.05) is 20.2 Å². The van der Waals surface area contributed by atoms with Crippen LogP contribution in [0.5, 0.6) is 5.75 Å². The van der Waals surface area contributed by atoms with Gasteiger partial charge in [0.1, 0.15) is 5.75 Å². The van der Waals surface area contributed by atoms with Crippen LogP contribution in [0.1, 0.15) is 63.4 Å². The molecule has 0 spiro atoms. The lowest BCUT2D eigenvalue weighted by atomic mass is 9.85. The second-order valence-electron chi connectivity index (χ2n) is 7.56. The predicted molar refractivity (Wildman–Crippen MR) is 97.1 cm³/mol. The molecule has 0 unspecified atom stereocenters. The third kappa shape index (κ3) is 4.97. The van der Waals surface area contributed by atoms with E-state index >= 15 is 0 Å². The molecule has 1 heterocycles. The Kier molecular flexibility index (Phi) is 6.38. The van der Waals surface area contributed by atoms with Gasteiger partial charge in [0.2, 0.25) is 0 Å². The Labute approximate surface area is 142 Å². The van der Waals surface area contributed by atoms with E-state index in [4.69, 9.17) is 4.74 Å². The van der Waals surface area contributed by atoms with Crippen molar-refractivity contribution in [2.45, 2.75) is 70.3 Å². The van der Waals surface area contributed by atoms with Gasteiger partial charge in [0, 0.05) is 6.04 Å². The summed E-state index contributed by atoms with van der Waals surface area (Å²) >= 11 is 0. The van der Waals surface area contributed by atoms with Gasteiger partial charge in [-0.05, 0) is 63.2 Å². The molecule has 1 aliphatic heterocycles. The number of nitrogens with zero attached hydrogens (tertiary/aromatic N) is 1. The molecule has 1 aliphatic carbocycles. The molecular formula is C21H33NO. The maximum atomic E-state index is 6.16. The van der Waals surface area contributed by atoms with Crippen LogP contribution in [0.15, 0.2) is 24.3 Å². The van der Waals surface area contributed by atoms with Gasteiger partial charge in [0.25, 0.3) is 0 Å². The predicted octanol–water partition coefficient (Wildman–Crippen LogP) is 5.06. The van der Waals surface area contributed by atoms with E-state index < -0.39 is 0 Å². The van der Waals surface area contributed by atoms with E-state index in [0.29, 0.717) is 0 Å². The number of ether oxygens (including phenoxy) is 1. The summed E-state index contributed by atoms with van der Waals surface area (Å²) in [4.78, 5) is 2.48. The standard InChI is InChI=1S/C21H33NO/c1-22-16-7-11-20(22)15-17-23-21-12-6-5-10-19(21)14-13-18-8-3-2-4-9-18/h5-6,10,12,18,20H,2-4,7-9,11,13-17H2,1H3/t20-/m0/s1. The zero-order valence-corrected chi connectivity index (χ0v) is 14.8. The normalized spacial score (nSPS) is 23.3. The molecule has 0 bridgehead atoms. The molecule has 0 aromatic heterocycles. The topological polar surface area (TPSA) is 12.5 Å². The van der Waals surface area contributed by atoms with Crippen LogP contribution < -0.4 is 4.74 Å². The van der Waals surface area contributed by atoms with E-state index in [1.54, 1.807) is 0 Å². The van der Waals surface area contributed by atoms with Gasteiger partial charge in [-0.25, -0.2) is 0 Å².